The van der Waals surface area contributed by atoms with Gasteiger partial charge in [0.2, 0.25) is 5.91 Å². The lowest BCUT2D eigenvalue weighted by Gasteiger charge is -2.10. The molecule has 1 aromatic carbocycles. The first-order valence-electron chi connectivity index (χ1n) is 5.63. The molecule has 1 unspecified atom stereocenters. The molecule has 5 nitrogen and oxygen atoms in total. The van der Waals surface area contributed by atoms with Crippen molar-refractivity contribution in [2.45, 2.75) is 20.3 Å². The van der Waals surface area contributed by atoms with Crippen molar-refractivity contribution in [3.8, 4) is 0 Å². The second kappa shape index (κ2) is 6.35. The Kier molecular flexibility index (Phi) is 5.09. The van der Waals surface area contributed by atoms with Gasteiger partial charge in [0, 0.05) is 29.1 Å². The standard InChI is InChI=1S/C12H15ClN2O3/c1-3-9-4-5-10(6-11(9)15(17)18)14-12(16)8(2)7-13/h4-6,8H,3,7H2,1-2H3,(H,14,16). The number of amides is 1. The zero-order valence-electron chi connectivity index (χ0n) is 10.3. The molecule has 0 saturated carbocycles. The average Bonchev–Trinajstić information content (AvgIpc) is 2.37. The topological polar surface area (TPSA) is 72.2 Å². The predicted octanol–water partition coefficient (Wildman–Crippen LogP) is 2.97. The predicted molar refractivity (Wildman–Crippen MR) is 71.0 cm³/mol. The quantitative estimate of drug-likeness (QED) is 0.508. The van der Waals surface area contributed by atoms with Gasteiger partial charge < -0.3 is 5.32 Å². The van der Waals surface area contributed by atoms with Gasteiger partial charge in [0.25, 0.3) is 5.69 Å². The molecule has 6 heteroatoms. The Labute approximate surface area is 110 Å². The normalized spacial score (nSPS) is 11.9. The molecule has 0 aromatic heterocycles. The number of nitro groups is 1. The van der Waals surface area contributed by atoms with E-state index in [1.54, 1.807) is 19.1 Å². The first-order chi connectivity index (χ1) is 8.49. The molecular formula is C12H15ClN2O3. The highest BCUT2D eigenvalue weighted by Gasteiger charge is 2.16. The third-order valence-corrected chi connectivity index (χ3v) is 3.07. The number of carbonyl (C=O) groups excluding carboxylic acids is 1. The van der Waals surface area contributed by atoms with Crippen LogP contribution in [-0.2, 0) is 11.2 Å². The number of nitrogens with one attached hydrogen (secondary N) is 1. The fraction of sp³-hybridized carbons (Fsp3) is 0.417. The zero-order valence-corrected chi connectivity index (χ0v) is 11.0. The van der Waals surface area contributed by atoms with Crippen molar-refractivity contribution in [2.24, 2.45) is 5.92 Å². The number of nitro benzene ring substituents is 1. The SMILES string of the molecule is CCc1ccc(NC(=O)C(C)CCl)cc1[N+](=O)[O-]. The Morgan fingerprint density at radius 2 is 2.22 bits per heavy atom. The Hall–Kier alpha value is -1.62. The van der Waals surface area contributed by atoms with Crippen molar-refractivity contribution >= 4 is 28.9 Å². The van der Waals surface area contributed by atoms with Gasteiger partial charge in [-0.25, -0.2) is 0 Å². The van der Waals surface area contributed by atoms with Gasteiger partial charge in [0.15, 0.2) is 0 Å². The van der Waals surface area contributed by atoms with Crippen molar-refractivity contribution in [3.63, 3.8) is 0 Å². The number of hydrogen-bond donors (Lipinski definition) is 1. The number of nitrogens with zero attached hydrogens (tertiary/aromatic N) is 1. The lowest BCUT2D eigenvalue weighted by molar-refractivity contribution is -0.385. The molecule has 1 amide bonds. The van der Waals surface area contributed by atoms with Gasteiger partial charge in [-0.05, 0) is 12.5 Å². The first-order valence-corrected chi connectivity index (χ1v) is 6.17. The molecule has 1 N–H and O–H groups in total. The maximum atomic E-state index is 11.6. The van der Waals surface area contributed by atoms with Crippen molar-refractivity contribution < 1.29 is 9.72 Å². The van der Waals surface area contributed by atoms with Crippen LogP contribution in [0.25, 0.3) is 0 Å². The summed E-state index contributed by atoms with van der Waals surface area (Å²) in [6.45, 7) is 3.54. The van der Waals surface area contributed by atoms with Crippen LogP contribution in [0.15, 0.2) is 18.2 Å². The van der Waals surface area contributed by atoms with Crippen molar-refractivity contribution in [1.82, 2.24) is 0 Å². The molecular weight excluding hydrogens is 256 g/mol. The van der Waals surface area contributed by atoms with E-state index in [0.29, 0.717) is 17.7 Å². The van der Waals surface area contributed by atoms with Gasteiger partial charge in [-0.15, -0.1) is 11.6 Å². The first kappa shape index (κ1) is 14.4. The van der Waals surface area contributed by atoms with E-state index in [9.17, 15) is 14.9 Å². The minimum Gasteiger partial charge on any atom is -0.326 e. The van der Waals surface area contributed by atoms with Gasteiger partial charge in [0.1, 0.15) is 0 Å². The van der Waals surface area contributed by atoms with E-state index in [2.05, 4.69) is 5.32 Å². The van der Waals surface area contributed by atoms with Gasteiger partial charge in [-0.2, -0.15) is 0 Å². The molecule has 0 saturated heterocycles. The Balaban J connectivity index is 2.95. The summed E-state index contributed by atoms with van der Waals surface area (Å²) in [5, 5.41) is 13.5. The molecule has 0 heterocycles. The molecule has 98 valence electrons. The third kappa shape index (κ3) is 3.43. The second-order valence-electron chi connectivity index (χ2n) is 4.00. The maximum absolute atomic E-state index is 11.6. The highest BCUT2D eigenvalue weighted by atomic mass is 35.5. The van der Waals surface area contributed by atoms with Crippen LogP contribution < -0.4 is 5.32 Å². The molecule has 0 fully saturated rings. The molecule has 0 aliphatic rings. The number of halogens is 1. The van der Waals surface area contributed by atoms with E-state index in [1.807, 2.05) is 6.92 Å². The van der Waals surface area contributed by atoms with E-state index >= 15 is 0 Å². The molecule has 0 radical (unpaired) electrons. The summed E-state index contributed by atoms with van der Waals surface area (Å²) in [7, 11) is 0. The van der Waals surface area contributed by atoms with Gasteiger partial charge in [0.05, 0.1) is 4.92 Å². The Morgan fingerprint density at radius 1 is 1.56 bits per heavy atom. The summed E-state index contributed by atoms with van der Waals surface area (Å²) in [6, 6.07) is 4.68. The summed E-state index contributed by atoms with van der Waals surface area (Å²) in [5.74, 6) is -0.374. The van der Waals surface area contributed by atoms with Gasteiger partial charge in [-0.1, -0.05) is 19.9 Å². The number of anilines is 1. The highest BCUT2D eigenvalue weighted by molar-refractivity contribution is 6.19. The van der Waals surface area contributed by atoms with Crippen molar-refractivity contribution in [3.05, 3.63) is 33.9 Å². The lowest BCUT2D eigenvalue weighted by atomic mass is 10.1. The zero-order chi connectivity index (χ0) is 13.7. The molecule has 1 aromatic rings. The van der Waals surface area contributed by atoms with E-state index in [4.69, 9.17) is 11.6 Å². The van der Waals surface area contributed by atoms with Crippen LogP contribution in [0, 0.1) is 16.0 Å². The Morgan fingerprint density at radius 3 is 2.72 bits per heavy atom. The Bertz CT molecular complexity index is 463. The summed E-state index contributed by atoms with van der Waals surface area (Å²) >= 11 is 5.57. The van der Waals surface area contributed by atoms with Crippen LogP contribution in [0.5, 0.6) is 0 Å². The maximum Gasteiger partial charge on any atom is 0.274 e. The molecule has 1 rings (SSSR count). The number of carbonyl (C=O) groups is 1. The minimum absolute atomic E-state index is 0.0221. The number of aryl methyl sites for hydroxylation is 1. The summed E-state index contributed by atoms with van der Waals surface area (Å²) in [4.78, 5) is 22.0. The summed E-state index contributed by atoms with van der Waals surface area (Å²) in [6.07, 6.45) is 0.572. The average molecular weight is 271 g/mol. The van der Waals surface area contributed by atoms with E-state index in [0.717, 1.165) is 0 Å². The van der Waals surface area contributed by atoms with Crippen LogP contribution >= 0.6 is 11.6 Å². The number of rotatable bonds is 5. The lowest BCUT2D eigenvalue weighted by Crippen LogP contribution is -2.21. The van der Waals surface area contributed by atoms with Crippen LogP contribution in [0.1, 0.15) is 19.4 Å². The van der Waals surface area contributed by atoms with Crippen LogP contribution in [-0.4, -0.2) is 16.7 Å². The fourth-order valence-electron chi connectivity index (χ4n) is 1.45. The molecule has 0 aliphatic heterocycles. The largest absolute Gasteiger partial charge is 0.326 e. The molecule has 0 spiro atoms. The summed E-state index contributed by atoms with van der Waals surface area (Å²) < 4.78 is 0. The van der Waals surface area contributed by atoms with Crippen LogP contribution in [0.4, 0.5) is 11.4 Å². The van der Waals surface area contributed by atoms with E-state index < -0.39 is 4.92 Å². The molecule has 18 heavy (non-hydrogen) atoms. The van der Waals surface area contributed by atoms with Crippen molar-refractivity contribution in [2.75, 3.05) is 11.2 Å². The molecule has 0 aliphatic carbocycles. The molecule has 0 bridgehead atoms. The number of alkyl halides is 1. The van der Waals surface area contributed by atoms with Gasteiger partial charge in [-0.3, -0.25) is 14.9 Å². The second-order valence-corrected chi connectivity index (χ2v) is 4.31. The third-order valence-electron chi connectivity index (χ3n) is 2.61. The van der Waals surface area contributed by atoms with Crippen LogP contribution in [0.2, 0.25) is 0 Å². The van der Waals surface area contributed by atoms with E-state index in [1.165, 1.54) is 6.07 Å². The number of hydrogen-bond acceptors (Lipinski definition) is 3. The monoisotopic (exact) mass is 270 g/mol. The van der Waals surface area contributed by atoms with E-state index in [-0.39, 0.29) is 23.4 Å². The minimum atomic E-state index is -0.445. The highest BCUT2D eigenvalue weighted by Crippen LogP contribution is 2.24. The summed E-state index contributed by atoms with van der Waals surface area (Å²) in [5.41, 5.74) is 1.08. The number of benzene rings is 1. The molecule has 1 atom stereocenters. The van der Waals surface area contributed by atoms with Gasteiger partial charge >= 0.3 is 0 Å². The van der Waals surface area contributed by atoms with Crippen LogP contribution in [0.3, 0.4) is 0 Å². The fourth-order valence-corrected chi connectivity index (χ4v) is 1.59. The van der Waals surface area contributed by atoms with Crippen molar-refractivity contribution in [1.29, 1.82) is 0 Å². The smallest absolute Gasteiger partial charge is 0.274 e.